The van der Waals surface area contributed by atoms with Gasteiger partial charge in [0.05, 0.1) is 22.9 Å². The molecule has 0 bridgehead atoms. The number of nitrogens with zero attached hydrogens (tertiary/aromatic N) is 1. The number of aryl methyl sites for hydroxylation is 1. The zero-order valence-corrected chi connectivity index (χ0v) is 19.2. The van der Waals surface area contributed by atoms with Gasteiger partial charge in [0.15, 0.2) is 6.10 Å². The maximum atomic E-state index is 12.6. The number of nitrogens with one attached hydrogen (secondary N) is 2. The van der Waals surface area contributed by atoms with Crippen LogP contribution in [0.1, 0.15) is 48.6 Å². The fourth-order valence-electron chi connectivity index (χ4n) is 3.84. The molecule has 0 spiro atoms. The van der Waals surface area contributed by atoms with E-state index in [1.165, 1.54) is 30.0 Å². The van der Waals surface area contributed by atoms with E-state index in [2.05, 4.69) is 16.7 Å². The SMILES string of the molecule is CC(OC(=O)CC1Sc2ccccc2NC1=O)C(=O)Nc1sc2c(c1C#N)CCCCC2. The molecule has 2 aliphatic rings. The van der Waals surface area contributed by atoms with Crippen molar-refractivity contribution in [2.75, 3.05) is 10.6 Å². The highest BCUT2D eigenvalue weighted by molar-refractivity contribution is 8.01. The molecule has 32 heavy (non-hydrogen) atoms. The number of hydrogen-bond donors (Lipinski definition) is 2. The van der Waals surface area contributed by atoms with Gasteiger partial charge in [-0.15, -0.1) is 23.1 Å². The number of rotatable bonds is 5. The predicted molar refractivity (Wildman–Crippen MR) is 124 cm³/mol. The van der Waals surface area contributed by atoms with Gasteiger partial charge in [-0.3, -0.25) is 14.4 Å². The van der Waals surface area contributed by atoms with E-state index in [1.54, 1.807) is 6.07 Å². The first kappa shape index (κ1) is 22.4. The van der Waals surface area contributed by atoms with Gasteiger partial charge in [0.25, 0.3) is 5.91 Å². The third-order valence-electron chi connectivity index (χ3n) is 5.51. The summed E-state index contributed by atoms with van der Waals surface area (Å²) in [6.45, 7) is 1.49. The molecule has 2 unspecified atom stereocenters. The number of hydrogen-bond acceptors (Lipinski definition) is 7. The van der Waals surface area contributed by atoms with Crippen molar-refractivity contribution in [2.45, 2.75) is 61.7 Å². The Kier molecular flexibility index (Phi) is 6.82. The van der Waals surface area contributed by atoms with Crippen LogP contribution in [0, 0.1) is 11.3 Å². The quantitative estimate of drug-likeness (QED) is 0.500. The number of carbonyl (C=O) groups excluding carboxylic acids is 3. The van der Waals surface area contributed by atoms with E-state index in [9.17, 15) is 19.6 Å². The molecule has 9 heteroatoms. The van der Waals surface area contributed by atoms with Crippen LogP contribution in [0.2, 0.25) is 0 Å². The first-order chi connectivity index (χ1) is 15.5. The van der Waals surface area contributed by atoms with Gasteiger partial charge in [0.1, 0.15) is 11.1 Å². The molecule has 2 N–H and O–H groups in total. The molecule has 1 aromatic heterocycles. The van der Waals surface area contributed by atoms with E-state index in [1.807, 2.05) is 18.2 Å². The van der Waals surface area contributed by atoms with Gasteiger partial charge in [0.2, 0.25) is 5.91 Å². The number of benzene rings is 1. The minimum atomic E-state index is -1.04. The number of fused-ring (bicyclic) bond motifs is 2. The third-order valence-corrected chi connectivity index (χ3v) is 7.99. The molecule has 2 aromatic rings. The molecule has 2 heterocycles. The van der Waals surface area contributed by atoms with Crippen LogP contribution in [0.5, 0.6) is 0 Å². The summed E-state index contributed by atoms with van der Waals surface area (Å²) in [6.07, 6.45) is 3.84. The lowest BCUT2D eigenvalue weighted by molar-refractivity contribution is -0.153. The summed E-state index contributed by atoms with van der Waals surface area (Å²) in [4.78, 5) is 39.4. The number of nitriles is 1. The number of thiophene rings is 1. The van der Waals surface area contributed by atoms with Crippen molar-refractivity contribution < 1.29 is 19.1 Å². The summed E-state index contributed by atoms with van der Waals surface area (Å²) in [5.41, 5.74) is 2.28. The normalized spacial score (nSPS) is 18.2. The average molecular weight is 470 g/mol. The van der Waals surface area contributed by atoms with Crippen molar-refractivity contribution in [3.8, 4) is 6.07 Å². The fraction of sp³-hybridized carbons (Fsp3) is 0.391. The van der Waals surface area contributed by atoms with Gasteiger partial charge in [-0.05, 0) is 50.3 Å². The third kappa shape index (κ3) is 4.81. The lowest BCUT2D eigenvalue weighted by Crippen LogP contribution is -2.34. The molecule has 0 radical (unpaired) electrons. The summed E-state index contributed by atoms with van der Waals surface area (Å²) < 4.78 is 5.30. The van der Waals surface area contributed by atoms with E-state index in [0.717, 1.165) is 53.1 Å². The van der Waals surface area contributed by atoms with Crippen molar-refractivity contribution in [1.82, 2.24) is 0 Å². The van der Waals surface area contributed by atoms with Gasteiger partial charge in [-0.25, -0.2) is 0 Å². The minimum Gasteiger partial charge on any atom is -0.452 e. The summed E-state index contributed by atoms with van der Waals surface area (Å²) in [7, 11) is 0. The van der Waals surface area contributed by atoms with Crippen LogP contribution >= 0.6 is 23.1 Å². The predicted octanol–water partition coefficient (Wildman–Crippen LogP) is 4.26. The topological polar surface area (TPSA) is 108 Å². The van der Waals surface area contributed by atoms with E-state index >= 15 is 0 Å². The van der Waals surface area contributed by atoms with Crippen LogP contribution in [0.25, 0.3) is 0 Å². The second-order valence-electron chi connectivity index (χ2n) is 7.80. The zero-order chi connectivity index (χ0) is 22.7. The standard InChI is InChI=1S/C23H23N3O4S2/c1-13(21(28)26-23-15(12-24)14-7-3-2-4-9-17(14)32-23)30-20(27)11-19-22(29)25-16-8-5-6-10-18(16)31-19/h5-6,8,10,13,19H,2-4,7,9,11H2,1H3,(H,25,29)(H,26,28). The van der Waals surface area contributed by atoms with Crippen molar-refractivity contribution in [3.05, 3.63) is 40.3 Å². The number of para-hydroxylation sites is 1. The van der Waals surface area contributed by atoms with E-state index < -0.39 is 23.2 Å². The highest BCUT2D eigenvalue weighted by Crippen LogP contribution is 2.38. The molecule has 2 amide bonds. The van der Waals surface area contributed by atoms with E-state index in [0.29, 0.717) is 10.6 Å². The maximum absolute atomic E-state index is 12.6. The zero-order valence-electron chi connectivity index (χ0n) is 17.6. The number of anilines is 2. The average Bonchev–Trinajstić information content (AvgIpc) is 2.92. The summed E-state index contributed by atoms with van der Waals surface area (Å²) in [6, 6.07) is 9.61. The molecule has 4 rings (SSSR count). The molecule has 0 saturated heterocycles. The lowest BCUT2D eigenvalue weighted by atomic mass is 10.1. The van der Waals surface area contributed by atoms with Crippen LogP contribution in [-0.2, 0) is 32.0 Å². The van der Waals surface area contributed by atoms with Crippen molar-refractivity contribution >= 4 is 51.6 Å². The molecule has 1 aliphatic heterocycles. The van der Waals surface area contributed by atoms with Crippen molar-refractivity contribution in [3.63, 3.8) is 0 Å². The van der Waals surface area contributed by atoms with E-state index in [-0.39, 0.29) is 12.3 Å². The molecule has 0 saturated carbocycles. The smallest absolute Gasteiger partial charge is 0.308 e. The lowest BCUT2D eigenvalue weighted by Gasteiger charge is -2.23. The van der Waals surface area contributed by atoms with Crippen LogP contribution in [0.3, 0.4) is 0 Å². The Morgan fingerprint density at radius 3 is 2.88 bits per heavy atom. The van der Waals surface area contributed by atoms with Crippen LogP contribution in [0.15, 0.2) is 29.2 Å². The monoisotopic (exact) mass is 469 g/mol. The molecule has 166 valence electrons. The van der Waals surface area contributed by atoms with Crippen molar-refractivity contribution in [2.24, 2.45) is 0 Å². The Balaban J connectivity index is 1.36. The second-order valence-corrected chi connectivity index (χ2v) is 10.1. The Morgan fingerprint density at radius 2 is 2.06 bits per heavy atom. The first-order valence-electron chi connectivity index (χ1n) is 10.6. The molecule has 0 fully saturated rings. The van der Waals surface area contributed by atoms with Crippen LogP contribution in [-0.4, -0.2) is 29.1 Å². The number of carbonyl (C=O) groups is 3. The highest BCUT2D eigenvalue weighted by Gasteiger charge is 2.31. The van der Waals surface area contributed by atoms with Crippen LogP contribution in [0.4, 0.5) is 10.7 Å². The fourth-order valence-corrected chi connectivity index (χ4v) is 6.18. The van der Waals surface area contributed by atoms with Crippen molar-refractivity contribution in [1.29, 1.82) is 5.26 Å². The Bertz CT molecular complexity index is 1110. The minimum absolute atomic E-state index is 0.140. The Hall–Kier alpha value is -2.83. The maximum Gasteiger partial charge on any atom is 0.308 e. The molecule has 7 nitrogen and oxygen atoms in total. The van der Waals surface area contributed by atoms with Gasteiger partial charge in [-0.2, -0.15) is 5.26 Å². The largest absolute Gasteiger partial charge is 0.452 e. The Morgan fingerprint density at radius 1 is 1.28 bits per heavy atom. The van der Waals surface area contributed by atoms with Gasteiger partial charge >= 0.3 is 5.97 Å². The van der Waals surface area contributed by atoms with Crippen LogP contribution < -0.4 is 10.6 Å². The molecular formula is C23H23N3O4S2. The Labute approximate surface area is 194 Å². The van der Waals surface area contributed by atoms with E-state index in [4.69, 9.17) is 4.74 Å². The number of thioether (sulfide) groups is 1. The number of ether oxygens (including phenoxy) is 1. The van der Waals surface area contributed by atoms with Gasteiger partial charge in [0, 0.05) is 9.77 Å². The molecule has 1 aliphatic carbocycles. The summed E-state index contributed by atoms with van der Waals surface area (Å²) in [5, 5.41) is 15.1. The summed E-state index contributed by atoms with van der Waals surface area (Å²) in [5.74, 6) is -1.37. The van der Waals surface area contributed by atoms with Gasteiger partial charge < -0.3 is 15.4 Å². The first-order valence-corrected chi connectivity index (χ1v) is 12.3. The number of esters is 1. The number of amides is 2. The summed E-state index contributed by atoms with van der Waals surface area (Å²) >= 11 is 2.74. The molecule has 1 aromatic carbocycles. The molecule has 2 atom stereocenters. The van der Waals surface area contributed by atoms with Gasteiger partial charge in [-0.1, -0.05) is 18.6 Å². The molecular weight excluding hydrogens is 446 g/mol. The second kappa shape index (κ2) is 9.76. The highest BCUT2D eigenvalue weighted by atomic mass is 32.2.